The molecule has 5 rings (SSSR count). The summed E-state index contributed by atoms with van der Waals surface area (Å²) in [5.41, 5.74) is 2.58. The van der Waals surface area contributed by atoms with Gasteiger partial charge in [0.25, 0.3) is 0 Å². The monoisotopic (exact) mass is 407 g/mol. The summed E-state index contributed by atoms with van der Waals surface area (Å²) >= 11 is 0. The van der Waals surface area contributed by atoms with Gasteiger partial charge in [-0.15, -0.1) is 0 Å². The Kier molecular flexibility index (Phi) is 4.58. The lowest BCUT2D eigenvalue weighted by atomic mass is 9.58. The number of nitrogens with zero attached hydrogens (tertiary/aromatic N) is 2. The maximum atomic E-state index is 12.7. The fourth-order valence-corrected chi connectivity index (χ4v) is 6.66. The zero-order valence-electron chi connectivity index (χ0n) is 18.5. The van der Waals surface area contributed by atoms with Crippen molar-refractivity contribution in [1.82, 2.24) is 15.1 Å². The van der Waals surface area contributed by atoms with Crippen LogP contribution in [0.25, 0.3) is 5.69 Å². The van der Waals surface area contributed by atoms with E-state index < -0.39 is 0 Å². The number of carbonyl (C=O) groups excluding carboxylic acids is 1. The summed E-state index contributed by atoms with van der Waals surface area (Å²) in [5, 5.41) is 7.81. The maximum absolute atomic E-state index is 12.7. The first-order valence-corrected chi connectivity index (χ1v) is 11.3. The molecule has 2 aromatic rings. The predicted molar refractivity (Wildman–Crippen MR) is 116 cm³/mol. The summed E-state index contributed by atoms with van der Waals surface area (Å²) < 4.78 is 8.27. The van der Waals surface area contributed by atoms with E-state index in [9.17, 15) is 4.79 Å². The van der Waals surface area contributed by atoms with Gasteiger partial charge in [0.05, 0.1) is 11.8 Å². The standard InChI is InChI=1S/C25H33N3O2/c1-16(2)22(29)27-23-24(3,4)18-14-20-21(30-13-10-25(20,23)15-18)17-6-8-19(9-7-17)28-12-5-11-26-28/h5-9,11-12,16,18,20-21,23H,10,13-15H2,1-4H3,(H,27,29)/t18-,20-,21-,23+,25?/m1/s1. The molecule has 3 fully saturated rings. The average Bonchev–Trinajstić information content (AvgIpc) is 3.43. The van der Waals surface area contributed by atoms with Gasteiger partial charge in [-0.3, -0.25) is 4.79 Å². The molecule has 1 saturated heterocycles. The molecule has 2 saturated carbocycles. The van der Waals surface area contributed by atoms with Crippen molar-refractivity contribution in [3.05, 3.63) is 48.3 Å². The molecular weight excluding hydrogens is 374 g/mol. The van der Waals surface area contributed by atoms with Gasteiger partial charge in [-0.25, -0.2) is 4.68 Å². The lowest BCUT2D eigenvalue weighted by molar-refractivity contribution is -0.139. The topological polar surface area (TPSA) is 56.2 Å². The molecule has 2 bridgehead atoms. The van der Waals surface area contributed by atoms with Gasteiger partial charge in [0.15, 0.2) is 0 Å². The Labute approximate surface area is 179 Å². The first-order valence-electron chi connectivity index (χ1n) is 11.3. The molecule has 160 valence electrons. The Balaban J connectivity index is 1.45. The molecule has 2 aliphatic carbocycles. The second-order valence-corrected chi connectivity index (χ2v) is 10.5. The van der Waals surface area contributed by atoms with Crippen LogP contribution in [0.2, 0.25) is 0 Å². The number of aromatic nitrogens is 2. The Morgan fingerprint density at radius 1 is 1.27 bits per heavy atom. The van der Waals surface area contributed by atoms with Crippen LogP contribution in [0.4, 0.5) is 0 Å². The van der Waals surface area contributed by atoms with Crippen molar-refractivity contribution in [3.63, 3.8) is 0 Å². The Hall–Kier alpha value is -2.14. The number of amides is 1. The summed E-state index contributed by atoms with van der Waals surface area (Å²) in [6.45, 7) is 9.45. The van der Waals surface area contributed by atoms with Crippen LogP contribution in [0, 0.1) is 28.6 Å². The van der Waals surface area contributed by atoms with E-state index in [0.29, 0.717) is 11.8 Å². The van der Waals surface area contributed by atoms with Crippen molar-refractivity contribution in [2.75, 3.05) is 6.61 Å². The minimum Gasteiger partial charge on any atom is -0.373 e. The highest BCUT2D eigenvalue weighted by Crippen LogP contribution is 2.70. The normalized spacial score (nSPS) is 34.2. The summed E-state index contributed by atoms with van der Waals surface area (Å²) in [6, 6.07) is 10.8. The van der Waals surface area contributed by atoms with Crippen molar-refractivity contribution in [1.29, 1.82) is 0 Å². The molecule has 30 heavy (non-hydrogen) atoms. The minimum absolute atomic E-state index is 0.0141. The van der Waals surface area contributed by atoms with Crippen LogP contribution in [-0.4, -0.2) is 28.3 Å². The van der Waals surface area contributed by atoms with Crippen LogP contribution in [0.3, 0.4) is 0 Å². The molecule has 1 aromatic heterocycles. The molecule has 2 heterocycles. The molecule has 3 aliphatic rings. The Morgan fingerprint density at radius 3 is 2.70 bits per heavy atom. The van der Waals surface area contributed by atoms with Crippen LogP contribution >= 0.6 is 0 Å². The van der Waals surface area contributed by atoms with Crippen molar-refractivity contribution in [3.8, 4) is 5.69 Å². The van der Waals surface area contributed by atoms with Crippen LogP contribution < -0.4 is 5.32 Å². The lowest BCUT2D eigenvalue weighted by Gasteiger charge is -2.53. The lowest BCUT2D eigenvalue weighted by Crippen LogP contribution is -2.59. The summed E-state index contributed by atoms with van der Waals surface area (Å²) in [5.74, 6) is 1.28. The molecule has 1 aliphatic heterocycles. The molecular formula is C25H33N3O2. The largest absolute Gasteiger partial charge is 0.373 e. The minimum atomic E-state index is 0.0141. The number of ether oxygens (including phenoxy) is 1. The smallest absolute Gasteiger partial charge is 0.222 e. The summed E-state index contributed by atoms with van der Waals surface area (Å²) in [6.07, 6.45) is 7.30. The van der Waals surface area contributed by atoms with Gasteiger partial charge in [-0.1, -0.05) is 39.8 Å². The van der Waals surface area contributed by atoms with Gasteiger partial charge in [0.2, 0.25) is 5.91 Å². The Morgan fingerprint density at radius 2 is 2.03 bits per heavy atom. The number of hydrogen-bond donors (Lipinski definition) is 1. The number of rotatable bonds is 4. The third-order valence-corrected chi connectivity index (χ3v) is 8.31. The van der Waals surface area contributed by atoms with Crippen molar-refractivity contribution >= 4 is 5.91 Å². The first kappa shape index (κ1) is 19.8. The number of hydrogen-bond acceptors (Lipinski definition) is 3. The first-order chi connectivity index (χ1) is 14.3. The molecule has 1 N–H and O–H groups in total. The maximum Gasteiger partial charge on any atom is 0.222 e. The Bertz CT molecular complexity index is 918. The number of nitrogens with one attached hydrogen (secondary N) is 1. The van der Waals surface area contributed by atoms with Crippen LogP contribution in [0.15, 0.2) is 42.7 Å². The SMILES string of the molecule is CC(C)C(=O)N[C@H]1C(C)(C)[C@@H]2C[C@@H]3[C@@H](c4ccc(-n5cccn5)cc4)OCCC31C2. The van der Waals surface area contributed by atoms with E-state index in [1.165, 1.54) is 18.4 Å². The molecule has 1 aromatic carbocycles. The van der Waals surface area contributed by atoms with Crippen LogP contribution in [0.5, 0.6) is 0 Å². The fraction of sp³-hybridized carbons (Fsp3) is 0.600. The molecule has 5 heteroatoms. The van der Waals surface area contributed by atoms with Crippen molar-refractivity contribution < 1.29 is 9.53 Å². The molecule has 1 spiro atoms. The van der Waals surface area contributed by atoms with E-state index in [-0.39, 0.29) is 34.8 Å². The van der Waals surface area contributed by atoms with E-state index >= 15 is 0 Å². The molecule has 0 radical (unpaired) electrons. The van der Waals surface area contributed by atoms with Gasteiger partial charge in [0, 0.05) is 31.0 Å². The second-order valence-electron chi connectivity index (χ2n) is 10.5. The van der Waals surface area contributed by atoms with Crippen LogP contribution in [-0.2, 0) is 9.53 Å². The number of carbonyl (C=O) groups is 1. The van der Waals surface area contributed by atoms with Gasteiger partial charge in [-0.05, 0) is 65.7 Å². The third-order valence-electron chi connectivity index (χ3n) is 8.31. The highest BCUT2D eigenvalue weighted by molar-refractivity contribution is 5.78. The highest BCUT2D eigenvalue weighted by atomic mass is 16.5. The molecule has 5 nitrogen and oxygen atoms in total. The fourth-order valence-electron chi connectivity index (χ4n) is 6.66. The summed E-state index contributed by atoms with van der Waals surface area (Å²) in [7, 11) is 0. The quantitative estimate of drug-likeness (QED) is 0.810. The van der Waals surface area contributed by atoms with Crippen LogP contribution in [0.1, 0.15) is 58.6 Å². The third kappa shape index (κ3) is 2.85. The molecule has 1 unspecified atom stereocenters. The average molecular weight is 408 g/mol. The number of fused-ring (bicyclic) bond motifs is 1. The highest BCUT2D eigenvalue weighted by Gasteiger charge is 2.68. The van der Waals surface area contributed by atoms with Gasteiger partial charge in [0.1, 0.15) is 0 Å². The van der Waals surface area contributed by atoms with E-state index in [0.717, 1.165) is 18.7 Å². The number of benzene rings is 1. The van der Waals surface area contributed by atoms with Gasteiger partial charge >= 0.3 is 0 Å². The van der Waals surface area contributed by atoms with E-state index in [1.54, 1.807) is 6.20 Å². The van der Waals surface area contributed by atoms with Crippen molar-refractivity contribution in [2.24, 2.45) is 28.6 Å². The summed E-state index contributed by atoms with van der Waals surface area (Å²) in [4.78, 5) is 12.7. The van der Waals surface area contributed by atoms with Gasteiger partial charge < -0.3 is 10.1 Å². The van der Waals surface area contributed by atoms with Gasteiger partial charge in [-0.2, -0.15) is 5.10 Å². The van der Waals surface area contributed by atoms with E-state index in [4.69, 9.17) is 4.74 Å². The second kappa shape index (κ2) is 6.94. The zero-order valence-corrected chi connectivity index (χ0v) is 18.5. The van der Waals surface area contributed by atoms with E-state index in [2.05, 4.69) is 48.5 Å². The zero-order chi connectivity index (χ0) is 21.1. The predicted octanol–water partition coefficient (Wildman–Crippen LogP) is 4.53. The van der Waals surface area contributed by atoms with Crippen molar-refractivity contribution in [2.45, 2.75) is 59.1 Å². The van der Waals surface area contributed by atoms with E-state index in [1.807, 2.05) is 30.8 Å². The molecule has 1 amide bonds. The molecule has 5 atom stereocenters.